The van der Waals surface area contributed by atoms with E-state index in [1.54, 1.807) is 49.6 Å². The molecule has 3 aromatic carbocycles. The van der Waals surface area contributed by atoms with Crippen molar-refractivity contribution in [1.29, 1.82) is 5.26 Å². The Bertz CT molecular complexity index is 1080. The van der Waals surface area contributed by atoms with Gasteiger partial charge in [0.25, 0.3) is 0 Å². The zero-order chi connectivity index (χ0) is 20.5. The van der Waals surface area contributed by atoms with Gasteiger partial charge in [0.1, 0.15) is 11.5 Å². The normalized spacial score (nSPS) is 11.1. The van der Waals surface area contributed by atoms with E-state index in [0.29, 0.717) is 11.3 Å². The molecular weight excluding hydrogens is 362 g/mol. The lowest BCUT2D eigenvalue weighted by atomic mass is 10.0. The molecule has 0 bridgehead atoms. The van der Waals surface area contributed by atoms with E-state index in [0.717, 1.165) is 22.4 Å². The fourth-order valence-corrected chi connectivity index (χ4v) is 2.66. The Hall–Kier alpha value is -4.10. The van der Waals surface area contributed by atoms with Crippen molar-refractivity contribution in [1.82, 2.24) is 0 Å². The molecule has 4 nitrogen and oxygen atoms in total. The summed E-state index contributed by atoms with van der Waals surface area (Å²) >= 11 is 0. The van der Waals surface area contributed by atoms with Gasteiger partial charge in [-0.15, -0.1) is 0 Å². The van der Waals surface area contributed by atoms with Gasteiger partial charge < -0.3 is 9.47 Å². The van der Waals surface area contributed by atoms with E-state index in [1.807, 2.05) is 48.5 Å². The number of carbonyl (C=O) groups is 1. The number of nitriles is 1. The average Bonchev–Trinajstić information content (AvgIpc) is 2.77. The third-order valence-corrected chi connectivity index (χ3v) is 4.12. The number of methoxy groups -OCH3 is 1. The van der Waals surface area contributed by atoms with Crippen LogP contribution in [-0.4, -0.2) is 13.1 Å². The molecule has 0 aromatic heterocycles. The van der Waals surface area contributed by atoms with Crippen LogP contribution in [0.5, 0.6) is 11.5 Å². The van der Waals surface area contributed by atoms with E-state index in [9.17, 15) is 10.1 Å². The van der Waals surface area contributed by atoms with Gasteiger partial charge in [0.2, 0.25) is 0 Å². The molecule has 0 N–H and O–H groups in total. The number of hydrogen-bond donors (Lipinski definition) is 0. The van der Waals surface area contributed by atoms with E-state index in [-0.39, 0.29) is 0 Å². The van der Waals surface area contributed by atoms with Gasteiger partial charge in [0.15, 0.2) is 0 Å². The van der Waals surface area contributed by atoms with Crippen molar-refractivity contribution < 1.29 is 14.3 Å². The summed E-state index contributed by atoms with van der Waals surface area (Å²) in [5.74, 6) is 0.669. The molecule has 4 heteroatoms. The van der Waals surface area contributed by atoms with Gasteiger partial charge in [0.05, 0.1) is 18.8 Å². The molecule has 0 aliphatic heterocycles. The number of esters is 1. The molecular formula is C25H19NO3. The zero-order valence-corrected chi connectivity index (χ0v) is 15.9. The average molecular weight is 381 g/mol. The highest BCUT2D eigenvalue weighted by Gasteiger charge is 2.04. The fraction of sp³-hybridized carbons (Fsp3) is 0.0400. The molecule has 0 fully saturated rings. The summed E-state index contributed by atoms with van der Waals surface area (Å²) < 4.78 is 10.5. The topological polar surface area (TPSA) is 59.3 Å². The zero-order valence-electron chi connectivity index (χ0n) is 15.9. The Morgan fingerprint density at radius 2 is 1.62 bits per heavy atom. The maximum atomic E-state index is 12.1. The van der Waals surface area contributed by atoms with E-state index < -0.39 is 5.97 Å². The first-order valence-electron chi connectivity index (χ1n) is 8.99. The fourth-order valence-electron chi connectivity index (χ4n) is 2.66. The summed E-state index contributed by atoms with van der Waals surface area (Å²) in [6.45, 7) is 0. The molecule has 0 saturated carbocycles. The van der Waals surface area contributed by atoms with Crippen LogP contribution in [0.15, 0.2) is 84.9 Å². The second-order valence-electron chi connectivity index (χ2n) is 6.14. The quantitative estimate of drug-likeness (QED) is 0.189. The molecule has 0 aliphatic rings. The molecule has 0 aliphatic carbocycles. The Balaban J connectivity index is 1.74. The van der Waals surface area contributed by atoms with Crippen LogP contribution in [0.3, 0.4) is 0 Å². The number of rotatable bonds is 6. The highest BCUT2D eigenvalue weighted by molar-refractivity contribution is 5.91. The minimum atomic E-state index is -0.467. The van der Waals surface area contributed by atoms with Crippen molar-refractivity contribution >= 4 is 23.7 Å². The second kappa shape index (κ2) is 9.72. The van der Waals surface area contributed by atoms with E-state index in [2.05, 4.69) is 6.07 Å². The van der Waals surface area contributed by atoms with Crippen molar-refractivity contribution in [2.45, 2.75) is 0 Å². The minimum Gasteiger partial charge on any atom is -0.497 e. The highest BCUT2D eigenvalue weighted by atomic mass is 16.5. The largest absolute Gasteiger partial charge is 0.497 e. The van der Waals surface area contributed by atoms with Crippen molar-refractivity contribution in [3.8, 4) is 17.6 Å². The van der Waals surface area contributed by atoms with Crippen molar-refractivity contribution in [3.05, 3.63) is 102 Å². The molecule has 0 atom stereocenters. The van der Waals surface area contributed by atoms with Gasteiger partial charge in [-0.05, 0) is 65.2 Å². The van der Waals surface area contributed by atoms with Crippen molar-refractivity contribution in [3.63, 3.8) is 0 Å². The van der Waals surface area contributed by atoms with Crippen LogP contribution < -0.4 is 9.47 Å². The Labute approximate surface area is 170 Å². The summed E-state index contributed by atoms with van der Waals surface area (Å²) in [4.78, 5) is 12.1. The summed E-state index contributed by atoms with van der Waals surface area (Å²) in [5, 5.41) is 9.52. The number of nitrogens with zero attached hydrogens (tertiary/aromatic N) is 1. The number of ether oxygens (including phenoxy) is 2. The maximum absolute atomic E-state index is 12.1. The number of allylic oxidation sites excluding steroid dienone is 1. The Morgan fingerprint density at radius 1 is 0.897 bits per heavy atom. The van der Waals surface area contributed by atoms with Crippen LogP contribution >= 0.6 is 0 Å². The number of carbonyl (C=O) groups excluding carboxylic acids is 1. The molecule has 3 rings (SSSR count). The number of hydrogen-bond acceptors (Lipinski definition) is 4. The molecule has 0 saturated heterocycles. The first kappa shape index (κ1) is 19.7. The summed E-state index contributed by atoms with van der Waals surface area (Å²) in [5.41, 5.74) is 2.95. The van der Waals surface area contributed by atoms with Crippen LogP contribution in [0.25, 0.3) is 17.7 Å². The first-order valence-corrected chi connectivity index (χ1v) is 8.99. The van der Waals surface area contributed by atoms with Crippen LogP contribution in [0.4, 0.5) is 0 Å². The lowest BCUT2D eigenvalue weighted by molar-refractivity contribution is -0.128. The second-order valence-corrected chi connectivity index (χ2v) is 6.14. The van der Waals surface area contributed by atoms with Gasteiger partial charge in [-0.3, -0.25) is 0 Å². The Morgan fingerprint density at radius 3 is 2.31 bits per heavy atom. The molecule has 0 spiro atoms. The molecule has 3 aromatic rings. The molecule has 0 heterocycles. The highest BCUT2D eigenvalue weighted by Crippen LogP contribution is 2.22. The van der Waals surface area contributed by atoms with Gasteiger partial charge in [-0.1, -0.05) is 42.5 Å². The SMILES string of the molecule is COc1ccc(/C(C#N)=C\c2cccc(OC(=O)/C=C/c3ccccc3)c2)cc1. The van der Waals surface area contributed by atoms with E-state index in [4.69, 9.17) is 9.47 Å². The van der Waals surface area contributed by atoms with Crippen LogP contribution in [-0.2, 0) is 4.79 Å². The lowest BCUT2D eigenvalue weighted by Crippen LogP contribution is -2.03. The lowest BCUT2D eigenvalue weighted by Gasteiger charge is -2.05. The van der Waals surface area contributed by atoms with Gasteiger partial charge in [-0.2, -0.15) is 5.26 Å². The molecule has 142 valence electrons. The van der Waals surface area contributed by atoms with E-state index >= 15 is 0 Å². The first-order chi connectivity index (χ1) is 14.2. The molecule has 0 unspecified atom stereocenters. The summed E-state index contributed by atoms with van der Waals surface area (Å²) in [7, 11) is 1.60. The smallest absolute Gasteiger partial charge is 0.336 e. The molecule has 0 amide bonds. The summed E-state index contributed by atoms with van der Waals surface area (Å²) in [6.07, 6.45) is 4.83. The third-order valence-electron chi connectivity index (χ3n) is 4.12. The minimum absolute atomic E-state index is 0.411. The van der Waals surface area contributed by atoms with Crippen LogP contribution in [0.2, 0.25) is 0 Å². The van der Waals surface area contributed by atoms with Gasteiger partial charge in [0, 0.05) is 6.08 Å². The number of benzene rings is 3. The monoisotopic (exact) mass is 381 g/mol. The molecule has 29 heavy (non-hydrogen) atoms. The van der Waals surface area contributed by atoms with E-state index in [1.165, 1.54) is 6.08 Å². The predicted molar refractivity (Wildman–Crippen MR) is 114 cm³/mol. The summed E-state index contributed by atoms with van der Waals surface area (Å²) in [6, 6.07) is 26.0. The molecule has 0 radical (unpaired) electrons. The maximum Gasteiger partial charge on any atom is 0.336 e. The van der Waals surface area contributed by atoms with Gasteiger partial charge in [-0.25, -0.2) is 4.79 Å². The Kier molecular flexibility index (Phi) is 6.59. The van der Waals surface area contributed by atoms with Crippen LogP contribution in [0, 0.1) is 11.3 Å². The van der Waals surface area contributed by atoms with Crippen molar-refractivity contribution in [2.75, 3.05) is 7.11 Å². The standard InChI is InChI=1S/C25H19NO3/c1-28-23-13-11-21(12-14-23)22(18-26)16-20-8-5-9-24(17-20)29-25(27)15-10-19-6-3-2-4-7-19/h2-17H,1H3/b15-10+,22-16-. The van der Waals surface area contributed by atoms with Crippen LogP contribution in [0.1, 0.15) is 16.7 Å². The third kappa shape index (κ3) is 5.69. The van der Waals surface area contributed by atoms with Crippen molar-refractivity contribution in [2.24, 2.45) is 0 Å². The van der Waals surface area contributed by atoms with Gasteiger partial charge >= 0.3 is 5.97 Å². The predicted octanol–water partition coefficient (Wildman–Crippen LogP) is 5.38.